The summed E-state index contributed by atoms with van der Waals surface area (Å²) in [7, 11) is 0. The number of carbonyl (C=O) groups excluding carboxylic acids is 2. The van der Waals surface area contributed by atoms with Crippen molar-refractivity contribution in [2.75, 3.05) is 17.2 Å². The van der Waals surface area contributed by atoms with Gasteiger partial charge in [-0.05, 0) is 24.6 Å². The lowest BCUT2D eigenvalue weighted by molar-refractivity contribution is -0.132. The third-order valence-electron chi connectivity index (χ3n) is 3.24. The minimum Gasteiger partial charge on any atom is -0.478 e. The molecule has 7 heteroatoms. The summed E-state index contributed by atoms with van der Waals surface area (Å²) in [5, 5.41) is 11.3. The van der Waals surface area contributed by atoms with Crippen LogP contribution in [0.3, 0.4) is 0 Å². The van der Waals surface area contributed by atoms with Gasteiger partial charge >= 0.3 is 5.97 Å². The normalized spacial score (nSPS) is 18.9. The number of carboxylic acid groups (broad SMARTS) is 1. The first-order valence-electron chi connectivity index (χ1n) is 6.17. The highest BCUT2D eigenvalue weighted by molar-refractivity contribution is 6.05. The fourth-order valence-corrected chi connectivity index (χ4v) is 2.25. The van der Waals surface area contributed by atoms with E-state index in [9.17, 15) is 14.4 Å². The van der Waals surface area contributed by atoms with Crippen molar-refractivity contribution in [2.45, 2.75) is 19.4 Å². The van der Waals surface area contributed by atoms with E-state index in [0.29, 0.717) is 12.1 Å². The van der Waals surface area contributed by atoms with E-state index < -0.39 is 17.9 Å². The summed E-state index contributed by atoms with van der Waals surface area (Å²) >= 11 is 0. The molecule has 7 nitrogen and oxygen atoms in total. The molecule has 1 aromatic rings. The van der Waals surface area contributed by atoms with E-state index in [1.54, 1.807) is 11.0 Å². The number of carboxylic acids is 1. The molecule has 0 bridgehead atoms. The smallest absolute Gasteiger partial charge is 0.337 e. The van der Waals surface area contributed by atoms with Crippen LogP contribution in [0.25, 0.3) is 0 Å². The standard InChI is InChI=1S/C13H15N3O4/c1-2-10-12(18)15-11(17)6-16(10)7-3-4-9(14)8(5-7)13(19)20/h3-5,10H,2,6,14H2,1H3,(H,19,20)(H,15,17,18). The van der Waals surface area contributed by atoms with Crippen LogP contribution in [0.2, 0.25) is 0 Å². The molecule has 2 rings (SSSR count). The minimum absolute atomic E-state index is 0.00717. The van der Waals surface area contributed by atoms with Gasteiger partial charge in [-0.1, -0.05) is 6.92 Å². The number of imide groups is 1. The van der Waals surface area contributed by atoms with Crippen molar-refractivity contribution in [3.05, 3.63) is 23.8 Å². The zero-order valence-corrected chi connectivity index (χ0v) is 10.9. The van der Waals surface area contributed by atoms with E-state index in [2.05, 4.69) is 5.32 Å². The molecule has 1 saturated heterocycles. The van der Waals surface area contributed by atoms with Crippen LogP contribution in [0, 0.1) is 0 Å². The van der Waals surface area contributed by atoms with Crippen molar-refractivity contribution in [3.8, 4) is 0 Å². The number of hydrogen-bond acceptors (Lipinski definition) is 5. The number of nitrogens with two attached hydrogens (primary N) is 1. The fourth-order valence-electron chi connectivity index (χ4n) is 2.25. The first kappa shape index (κ1) is 13.9. The average molecular weight is 277 g/mol. The van der Waals surface area contributed by atoms with Crippen molar-refractivity contribution in [1.29, 1.82) is 0 Å². The molecular formula is C13H15N3O4. The number of amides is 2. The van der Waals surface area contributed by atoms with Crippen LogP contribution in [0.15, 0.2) is 18.2 Å². The molecule has 1 aliphatic heterocycles. The Morgan fingerprint density at radius 1 is 1.50 bits per heavy atom. The van der Waals surface area contributed by atoms with Crippen molar-refractivity contribution in [2.24, 2.45) is 0 Å². The zero-order valence-electron chi connectivity index (χ0n) is 10.9. The number of piperazine rings is 1. The monoisotopic (exact) mass is 277 g/mol. The first-order valence-corrected chi connectivity index (χ1v) is 6.17. The fraction of sp³-hybridized carbons (Fsp3) is 0.308. The molecule has 1 aliphatic rings. The van der Waals surface area contributed by atoms with Gasteiger partial charge in [0.25, 0.3) is 0 Å². The van der Waals surface area contributed by atoms with Crippen LogP contribution in [0.5, 0.6) is 0 Å². The predicted molar refractivity (Wildman–Crippen MR) is 72.4 cm³/mol. The third kappa shape index (κ3) is 2.42. The maximum Gasteiger partial charge on any atom is 0.337 e. The number of anilines is 2. The molecule has 20 heavy (non-hydrogen) atoms. The van der Waals surface area contributed by atoms with Gasteiger partial charge in [0.2, 0.25) is 11.8 Å². The Labute approximate surface area is 115 Å². The molecule has 1 atom stereocenters. The maximum absolute atomic E-state index is 11.8. The Kier molecular flexibility index (Phi) is 3.60. The Morgan fingerprint density at radius 3 is 2.80 bits per heavy atom. The van der Waals surface area contributed by atoms with Gasteiger partial charge in [-0.3, -0.25) is 14.9 Å². The summed E-state index contributed by atoms with van der Waals surface area (Å²) in [5.41, 5.74) is 6.18. The SMILES string of the molecule is CCC1C(=O)NC(=O)CN1c1ccc(N)c(C(=O)O)c1. The van der Waals surface area contributed by atoms with Gasteiger partial charge in [-0.25, -0.2) is 4.79 Å². The number of rotatable bonds is 3. The average Bonchev–Trinajstić information content (AvgIpc) is 2.38. The summed E-state index contributed by atoms with van der Waals surface area (Å²) in [6.07, 6.45) is 0.506. The summed E-state index contributed by atoms with van der Waals surface area (Å²) in [6, 6.07) is 3.95. The second kappa shape index (κ2) is 5.20. The van der Waals surface area contributed by atoms with Gasteiger partial charge in [-0.2, -0.15) is 0 Å². The quantitative estimate of drug-likeness (QED) is 0.537. The number of nitrogens with one attached hydrogen (secondary N) is 1. The number of nitrogen functional groups attached to an aromatic ring is 1. The van der Waals surface area contributed by atoms with Crippen LogP contribution in [0.4, 0.5) is 11.4 Å². The van der Waals surface area contributed by atoms with E-state index in [1.807, 2.05) is 6.92 Å². The van der Waals surface area contributed by atoms with Gasteiger partial charge in [0.05, 0.1) is 12.1 Å². The molecule has 0 aromatic heterocycles. The van der Waals surface area contributed by atoms with Crippen LogP contribution < -0.4 is 16.0 Å². The molecule has 0 saturated carbocycles. The molecule has 0 spiro atoms. The second-order valence-corrected chi connectivity index (χ2v) is 4.54. The van der Waals surface area contributed by atoms with Crippen molar-refractivity contribution >= 4 is 29.2 Å². The second-order valence-electron chi connectivity index (χ2n) is 4.54. The molecule has 1 heterocycles. The molecule has 0 aliphatic carbocycles. The number of benzene rings is 1. The molecule has 106 valence electrons. The number of aromatic carboxylic acids is 1. The van der Waals surface area contributed by atoms with Crippen molar-refractivity contribution < 1.29 is 19.5 Å². The molecule has 4 N–H and O–H groups in total. The highest BCUT2D eigenvalue weighted by atomic mass is 16.4. The van der Waals surface area contributed by atoms with Gasteiger partial charge in [0, 0.05) is 11.4 Å². The molecule has 0 radical (unpaired) electrons. The van der Waals surface area contributed by atoms with Gasteiger partial charge in [-0.15, -0.1) is 0 Å². The predicted octanol–water partition coefficient (Wildman–Crippen LogP) is 0.208. The van der Waals surface area contributed by atoms with E-state index >= 15 is 0 Å². The van der Waals surface area contributed by atoms with E-state index in [1.165, 1.54) is 12.1 Å². The van der Waals surface area contributed by atoms with Crippen LogP contribution in [0.1, 0.15) is 23.7 Å². The number of nitrogens with zero attached hydrogens (tertiary/aromatic N) is 1. The Balaban J connectivity index is 2.42. The number of hydrogen-bond donors (Lipinski definition) is 3. The Hall–Kier alpha value is -2.57. The summed E-state index contributed by atoms with van der Waals surface area (Å²) < 4.78 is 0. The zero-order chi connectivity index (χ0) is 14.9. The molecule has 2 amide bonds. The van der Waals surface area contributed by atoms with Gasteiger partial charge < -0.3 is 15.7 Å². The summed E-state index contributed by atoms with van der Waals surface area (Å²) in [4.78, 5) is 36.0. The van der Waals surface area contributed by atoms with Gasteiger partial charge in [0.15, 0.2) is 0 Å². The number of carbonyl (C=O) groups is 3. The van der Waals surface area contributed by atoms with Crippen molar-refractivity contribution in [3.63, 3.8) is 0 Å². The first-order chi connectivity index (χ1) is 9.43. The summed E-state index contributed by atoms with van der Waals surface area (Å²) in [6.45, 7) is 1.83. The van der Waals surface area contributed by atoms with Crippen molar-refractivity contribution in [1.82, 2.24) is 5.32 Å². The topological polar surface area (TPSA) is 113 Å². The maximum atomic E-state index is 11.8. The Morgan fingerprint density at radius 2 is 2.20 bits per heavy atom. The minimum atomic E-state index is -1.15. The lowest BCUT2D eigenvalue weighted by Crippen LogP contribution is -2.58. The lowest BCUT2D eigenvalue weighted by atomic mass is 10.1. The molecular weight excluding hydrogens is 262 g/mol. The Bertz CT molecular complexity index is 585. The van der Waals surface area contributed by atoms with E-state index in [-0.39, 0.29) is 23.7 Å². The molecule has 1 unspecified atom stereocenters. The van der Waals surface area contributed by atoms with E-state index in [4.69, 9.17) is 10.8 Å². The highest BCUT2D eigenvalue weighted by Crippen LogP contribution is 2.25. The molecule has 1 fully saturated rings. The largest absolute Gasteiger partial charge is 0.478 e. The lowest BCUT2D eigenvalue weighted by Gasteiger charge is -2.35. The summed E-state index contributed by atoms with van der Waals surface area (Å²) in [5.74, 6) is -1.93. The third-order valence-corrected chi connectivity index (χ3v) is 3.24. The van der Waals surface area contributed by atoms with E-state index in [0.717, 1.165) is 0 Å². The van der Waals surface area contributed by atoms with Gasteiger partial charge in [0.1, 0.15) is 6.04 Å². The van der Waals surface area contributed by atoms with Crippen LogP contribution >= 0.6 is 0 Å². The van der Waals surface area contributed by atoms with Crippen LogP contribution in [-0.4, -0.2) is 35.5 Å². The highest BCUT2D eigenvalue weighted by Gasteiger charge is 2.32. The molecule has 1 aromatic carbocycles. The van der Waals surface area contributed by atoms with Crippen LogP contribution in [-0.2, 0) is 9.59 Å².